The molecule has 0 aliphatic carbocycles. The van der Waals surface area contributed by atoms with Crippen molar-refractivity contribution in [3.05, 3.63) is 30.1 Å². The molecule has 0 aliphatic heterocycles. The number of halogens is 1. The van der Waals surface area contributed by atoms with Crippen molar-refractivity contribution in [2.24, 2.45) is 0 Å². The minimum atomic E-state index is -0.238. The summed E-state index contributed by atoms with van der Waals surface area (Å²) in [4.78, 5) is 2.18. The monoisotopic (exact) mass is 226 g/mol. The van der Waals surface area contributed by atoms with Crippen LogP contribution in [0.15, 0.2) is 24.3 Å². The molecule has 0 fully saturated rings. The van der Waals surface area contributed by atoms with Gasteiger partial charge in [-0.3, -0.25) is 0 Å². The van der Waals surface area contributed by atoms with Gasteiger partial charge in [0.25, 0.3) is 0 Å². The van der Waals surface area contributed by atoms with Gasteiger partial charge in [-0.15, -0.1) is 0 Å². The highest BCUT2D eigenvalue weighted by Crippen LogP contribution is 2.10. The third kappa shape index (κ3) is 5.09. The molecule has 0 aromatic heterocycles. The van der Waals surface area contributed by atoms with Gasteiger partial charge in [0.2, 0.25) is 0 Å². The Kier molecular flexibility index (Phi) is 5.82. The van der Waals surface area contributed by atoms with Gasteiger partial charge in [-0.2, -0.15) is 0 Å². The average Bonchev–Trinajstić information content (AvgIpc) is 2.29. The highest BCUT2D eigenvalue weighted by atomic mass is 19.1. The molecule has 0 spiro atoms. The maximum atomic E-state index is 12.6. The third-order valence-electron chi connectivity index (χ3n) is 2.30. The lowest BCUT2D eigenvalue weighted by Crippen LogP contribution is -2.30. The number of rotatable bonds is 7. The average molecular weight is 226 g/mol. The molecule has 0 unspecified atom stereocenters. The van der Waals surface area contributed by atoms with Gasteiger partial charge in [0.15, 0.2) is 0 Å². The zero-order valence-corrected chi connectivity index (χ0v) is 9.87. The molecule has 16 heavy (non-hydrogen) atoms. The molecular formula is C12H19FN2O. The van der Waals surface area contributed by atoms with E-state index in [2.05, 4.69) is 10.2 Å². The van der Waals surface area contributed by atoms with Crippen LogP contribution in [-0.4, -0.2) is 45.2 Å². The summed E-state index contributed by atoms with van der Waals surface area (Å²) in [6.45, 7) is 3.43. The van der Waals surface area contributed by atoms with E-state index in [9.17, 15) is 4.39 Å². The van der Waals surface area contributed by atoms with Gasteiger partial charge < -0.3 is 15.0 Å². The van der Waals surface area contributed by atoms with Crippen molar-refractivity contribution in [3.63, 3.8) is 0 Å². The zero-order valence-electron chi connectivity index (χ0n) is 9.87. The molecule has 3 nitrogen and oxygen atoms in total. The molecule has 0 radical (unpaired) electrons. The van der Waals surface area contributed by atoms with E-state index in [0.717, 1.165) is 19.6 Å². The topological polar surface area (TPSA) is 24.5 Å². The Hall–Kier alpha value is -1.13. The van der Waals surface area contributed by atoms with Crippen LogP contribution in [0.25, 0.3) is 0 Å². The third-order valence-corrected chi connectivity index (χ3v) is 2.30. The molecule has 0 bridgehead atoms. The van der Waals surface area contributed by atoms with Crippen LogP contribution in [0, 0.1) is 5.82 Å². The minimum absolute atomic E-state index is 0.238. The summed E-state index contributed by atoms with van der Waals surface area (Å²) < 4.78 is 18.1. The molecule has 0 atom stereocenters. The maximum Gasteiger partial charge on any atom is 0.123 e. The number of ether oxygens (including phenoxy) is 1. The Balaban J connectivity index is 2.17. The predicted molar refractivity (Wildman–Crippen MR) is 63.3 cm³/mol. The van der Waals surface area contributed by atoms with Crippen molar-refractivity contribution >= 4 is 0 Å². The molecule has 1 N–H and O–H groups in total. The first-order chi connectivity index (χ1) is 7.72. The van der Waals surface area contributed by atoms with Crippen molar-refractivity contribution in [3.8, 4) is 5.75 Å². The molecule has 0 saturated carbocycles. The molecule has 1 aromatic carbocycles. The summed E-state index contributed by atoms with van der Waals surface area (Å²) in [6, 6.07) is 6.09. The van der Waals surface area contributed by atoms with Gasteiger partial charge in [0.05, 0.1) is 0 Å². The predicted octanol–water partition coefficient (Wildman–Crippen LogP) is 1.36. The number of nitrogens with one attached hydrogen (secondary N) is 1. The van der Waals surface area contributed by atoms with Crippen LogP contribution < -0.4 is 10.1 Å². The molecule has 1 rings (SSSR count). The quantitative estimate of drug-likeness (QED) is 0.759. The van der Waals surface area contributed by atoms with Crippen molar-refractivity contribution in [2.75, 3.05) is 40.3 Å². The molecular weight excluding hydrogens is 207 g/mol. The van der Waals surface area contributed by atoms with Crippen molar-refractivity contribution in [1.29, 1.82) is 0 Å². The van der Waals surface area contributed by atoms with Crippen LogP contribution in [0.5, 0.6) is 5.75 Å². The molecule has 0 aliphatic rings. The van der Waals surface area contributed by atoms with Gasteiger partial charge in [-0.25, -0.2) is 4.39 Å². The van der Waals surface area contributed by atoms with Crippen LogP contribution in [0.2, 0.25) is 0 Å². The number of hydrogen-bond donors (Lipinski definition) is 1. The summed E-state index contributed by atoms with van der Waals surface area (Å²) in [5.74, 6) is 0.474. The second-order valence-corrected chi connectivity index (χ2v) is 3.71. The SMILES string of the molecule is CNCCN(C)CCOc1ccc(F)cc1. The van der Waals surface area contributed by atoms with E-state index >= 15 is 0 Å². The fourth-order valence-electron chi connectivity index (χ4n) is 1.26. The van der Waals surface area contributed by atoms with Crippen LogP contribution in [0.3, 0.4) is 0 Å². The Morgan fingerprint density at radius 1 is 1.25 bits per heavy atom. The molecule has 1 aromatic rings. The molecule has 90 valence electrons. The smallest absolute Gasteiger partial charge is 0.123 e. The van der Waals surface area contributed by atoms with Gasteiger partial charge in [-0.05, 0) is 38.4 Å². The first kappa shape index (κ1) is 12.9. The van der Waals surface area contributed by atoms with E-state index in [4.69, 9.17) is 4.74 Å². The Morgan fingerprint density at radius 3 is 2.56 bits per heavy atom. The summed E-state index contributed by atoms with van der Waals surface area (Å²) in [7, 11) is 3.98. The van der Waals surface area contributed by atoms with Crippen molar-refractivity contribution in [2.45, 2.75) is 0 Å². The standard InChI is InChI=1S/C12H19FN2O/c1-14-7-8-15(2)9-10-16-12-5-3-11(13)4-6-12/h3-6,14H,7-10H2,1-2H3. The van der Waals surface area contributed by atoms with Gasteiger partial charge in [0, 0.05) is 19.6 Å². The van der Waals surface area contributed by atoms with Crippen LogP contribution in [0.4, 0.5) is 4.39 Å². The van der Waals surface area contributed by atoms with Gasteiger partial charge >= 0.3 is 0 Å². The van der Waals surface area contributed by atoms with E-state index in [-0.39, 0.29) is 5.82 Å². The Bertz CT molecular complexity index is 290. The lowest BCUT2D eigenvalue weighted by atomic mass is 10.3. The molecule has 4 heteroatoms. The summed E-state index contributed by atoms with van der Waals surface area (Å²) in [5.41, 5.74) is 0. The van der Waals surface area contributed by atoms with Crippen LogP contribution >= 0.6 is 0 Å². The highest BCUT2D eigenvalue weighted by molar-refractivity contribution is 5.21. The van der Waals surface area contributed by atoms with E-state index in [1.807, 2.05) is 14.1 Å². The summed E-state index contributed by atoms with van der Waals surface area (Å²) in [6.07, 6.45) is 0. The lowest BCUT2D eigenvalue weighted by molar-refractivity contribution is 0.238. The number of nitrogens with zero attached hydrogens (tertiary/aromatic N) is 1. The lowest BCUT2D eigenvalue weighted by Gasteiger charge is -2.16. The fourth-order valence-corrected chi connectivity index (χ4v) is 1.26. The van der Waals surface area contributed by atoms with Gasteiger partial charge in [-0.1, -0.05) is 0 Å². The Labute approximate surface area is 96.2 Å². The minimum Gasteiger partial charge on any atom is -0.492 e. The van der Waals surface area contributed by atoms with E-state index in [0.29, 0.717) is 12.4 Å². The number of benzene rings is 1. The molecule has 0 amide bonds. The second kappa shape index (κ2) is 7.19. The van der Waals surface area contributed by atoms with Crippen molar-refractivity contribution in [1.82, 2.24) is 10.2 Å². The van der Waals surface area contributed by atoms with Crippen LogP contribution in [0.1, 0.15) is 0 Å². The highest BCUT2D eigenvalue weighted by Gasteiger charge is 1.98. The van der Waals surface area contributed by atoms with E-state index in [1.165, 1.54) is 12.1 Å². The summed E-state index contributed by atoms with van der Waals surface area (Å²) in [5, 5.41) is 3.09. The molecule has 0 saturated heterocycles. The van der Waals surface area contributed by atoms with Crippen molar-refractivity contribution < 1.29 is 9.13 Å². The maximum absolute atomic E-state index is 12.6. The van der Waals surface area contributed by atoms with E-state index < -0.39 is 0 Å². The fraction of sp³-hybridized carbons (Fsp3) is 0.500. The first-order valence-corrected chi connectivity index (χ1v) is 5.44. The van der Waals surface area contributed by atoms with E-state index in [1.54, 1.807) is 12.1 Å². The summed E-state index contributed by atoms with van der Waals surface area (Å²) >= 11 is 0. The second-order valence-electron chi connectivity index (χ2n) is 3.71. The number of hydrogen-bond acceptors (Lipinski definition) is 3. The zero-order chi connectivity index (χ0) is 11.8. The molecule has 0 heterocycles. The Morgan fingerprint density at radius 2 is 1.94 bits per heavy atom. The largest absolute Gasteiger partial charge is 0.492 e. The van der Waals surface area contributed by atoms with Crippen LogP contribution in [-0.2, 0) is 0 Å². The number of likely N-dealkylation sites (N-methyl/N-ethyl adjacent to an activating group) is 2. The normalized spacial score (nSPS) is 10.8. The van der Waals surface area contributed by atoms with Gasteiger partial charge in [0.1, 0.15) is 18.2 Å². The first-order valence-electron chi connectivity index (χ1n) is 5.44.